The first-order chi connectivity index (χ1) is 7.02. The number of amides is 1. The average Bonchev–Trinajstić information content (AvgIpc) is 1.95. The molecule has 0 saturated carbocycles. The van der Waals surface area contributed by atoms with Crippen molar-refractivity contribution in [2.24, 2.45) is 0 Å². The van der Waals surface area contributed by atoms with Crippen molar-refractivity contribution in [1.82, 2.24) is 5.32 Å². The molecule has 1 N–H and O–H groups in total. The normalized spacial score (nSPS) is 12.8. The van der Waals surface area contributed by atoms with Gasteiger partial charge in [-0.3, -0.25) is 0 Å². The number of ether oxygens (including phenoxy) is 2. The van der Waals surface area contributed by atoms with Crippen molar-refractivity contribution in [2.75, 3.05) is 6.61 Å². The van der Waals surface area contributed by atoms with E-state index < -0.39 is 17.2 Å². The first-order valence-electron chi connectivity index (χ1n) is 5.65. The van der Waals surface area contributed by atoms with Crippen LogP contribution in [0.2, 0.25) is 0 Å². The van der Waals surface area contributed by atoms with Crippen molar-refractivity contribution in [3.05, 3.63) is 0 Å². The minimum Gasteiger partial charge on any atom is -0.444 e. The zero-order valence-corrected chi connectivity index (χ0v) is 11.5. The van der Waals surface area contributed by atoms with Gasteiger partial charge in [0.15, 0.2) is 0 Å². The van der Waals surface area contributed by atoms with E-state index in [2.05, 4.69) is 5.32 Å². The summed E-state index contributed by atoms with van der Waals surface area (Å²) in [4.78, 5) is 11.5. The molecule has 0 aromatic carbocycles. The molecular weight excluding hydrogens is 206 g/mol. The summed E-state index contributed by atoms with van der Waals surface area (Å²) in [6, 6.07) is 0. The summed E-state index contributed by atoms with van der Waals surface area (Å²) in [5.41, 5.74) is -0.897. The van der Waals surface area contributed by atoms with Crippen LogP contribution in [0.25, 0.3) is 0 Å². The molecule has 16 heavy (non-hydrogen) atoms. The standard InChI is InChI=1S/C12H25NO3/c1-9(2)15-8-12(6,7)13-10(14)16-11(3,4)5/h9H,8H2,1-7H3,(H,13,14). The molecule has 0 aromatic heterocycles. The predicted molar refractivity (Wildman–Crippen MR) is 64.5 cm³/mol. The second-order valence-corrected chi connectivity index (χ2v) is 5.87. The number of hydrogen-bond acceptors (Lipinski definition) is 3. The van der Waals surface area contributed by atoms with Gasteiger partial charge in [0.25, 0.3) is 0 Å². The van der Waals surface area contributed by atoms with E-state index in [-0.39, 0.29) is 6.10 Å². The molecule has 0 aromatic rings. The molecule has 4 heteroatoms. The van der Waals surface area contributed by atoms with Gasteiger partial charge in [0, 0.05) is 0 Å². The summed E-state index contributed by atoms with van der Waals surface area (Å²) < 4.78 is 10.6. The second-order valence-electron chi connectivity index (χ2n) is 5.87. The first kappa shape index (κ1) is 15.2. The summed E-state index contributed by atoms with van der Waals surface area (Å²) in [6.07, 6.45) is -0.260. The van der Waals surface area contributed by atoms with Crippen LogP contribution < -0.4 is 5.32 Å². The zero-order valence-electron chi connectivity index (χ0n) is 11.5. The molecule has 0 saturated heterocycles. The Morgan fingerprint density at radius 3 is 2.06 bits per heavy atom. The molecule has 0 bridgehead atoms. The molecule has 0 aliphatic heterocycles. The fourth-order valence-corrected chi connectivity index (χ4v) is 0.991. The van der Waals surface area contributed by atoms with E-state index in [4.69, 9.17) is 9.47 Å². The number of hydrogen-bond donors (Lipinski definition) is 1. The lowest BCUT2D eigenvalue weighted by Gasteiger charge is -2.29. The first-order valence-corrected chi connectivity index (χ1v) is 5.65. The van der Waals surface area contributed by atoms with E-state index in [9.17, 15) is 4.79 Å². The maximum absolute atomic E-state index is 11.5. The predicted octanol–water partition coefficient (Wildman–Crippen LogP) is 2.71. The molecular formula is C12H25NO3. The lowest BCUT2D eigenvalue weighted by Crippen LogP contribution is -2.49. The minimum absolute atomic E-state index is 0.153. The SMILES string of the molecule is CC(C)OCC(C)(C)NC(=O)OC(C)(C)C. The lowest BCUT2D eigenvalue weighted by molar-refractivity contribution is 0.0201. The molecule has 4 nitrogen and oxygen atoms in total. The molecule has 0 aliphatic carbocycles. The topological polar surface area (TPSA) is 47.6 Å². The van der Waals surface area contributed by atoms with Gasteiger partial charge in [0.1, 0.15) is 5.60 Å². The van der Waals surface area contributed by atoms with Crippen molar-refractivity contribution in [1.29, 1.82) is 0 Å². The zero-order chi connectivity index (χ0) is 13.0. The van der Waals surface area contributed by atoms with Gasteiger partial charge in [-0.25, -0.2) is 4.79 Å². The highest BCUT2D eigenvalue weighted by molar-refractivity contribution is 5.68. The van der Waals surface area contributed by atoms with Gasteiger partial charge in [-0.05, 0) is 48.5 Å². The van der Waals surface area contributed by atoms with Gasteiger partial charge >= 0.3 is 6.09 Å². The highest BCUT2D eigenvalue weighted by atomic mass is 16.6. The molecule has 0 rings (SSSR count). The molecule has 0 unspecified atom stereocenters. The number of carbonyl (C=O) groups is 1. The van der Waals surface area contributed by atoms with Crippen molar-refractivity contribution in [3.8, 4) is 0 Å². The Balaban J connectivity index is 4.10. The Bertz CT molecular complexity index is 229. The van der Waals surface area contributed by atoms with E-state index in [1.54, 1.807) is 0 Å². The molecule has 0 heterocycles. The number of nitrogens with one attached hydrogen (secondary N) is 1. The van der Waals surface area contributed by atoms with Crippen LogP contribution in [0.5, 0.6) is 0 Å². The van der Waals surface area contributed by atoms with Crippen LogP contribution in [0.15, 0.2) is 0 Å². The van der Waals surface area contributed by atoms with Crippen molar-refractivity contribution in [2.45, 2.75) is 65.7 Å². The second kappa shape index (κ2) is 5.53. The van der Waals surface area contributed by atoms with Crippen LogP contribution in [0.4, 0.5) is 4.79 Å². The Hall–Kier alpha value is -0.770. The van der Waals surface area contributed by atoms with E-state index in [0.29, 0.717) is 6.61 Å². The van der Waals surface area contributed by atoms with Crippen LogP contribution in [0.3, 0.4) is 0 Å². The Morgan fingerprint density at radius 2 is 1.69 bits per heavy atom. The minimum atomic E-state index is -0.473. The monoisotopic (exact) mass is 231 g/mol. The Labute approximate surface area is 98.7 Å². The van der Waals surface area contributed by atoms with Crippen LogP contribution in [-0.2, 0) is 9.47 Å². The van der Waals surface area contributed by atoms with E-state index in [0.717, 1.165) is 0 Å². The van der Waals surface area contributed by atoms with Crippen LogP contribution >= 0.6 is 0 Å². The average molecular weight is 231 g/mol. The lowest BCUT2D eigenvalue weighted by atomic mass is 10.1. The summed E-state index contributed by atoms with van der Waals surface area (Å²) in [5.74, 6) is 0. The third kappa shape index (κ3) is 8.53. The van der Waals surface area contributed by atoms with Gasteiger partial charge in [0.05, 0.1) is 18.2 Å². The van der Waals surface area contributed by atoms with E-state index in [1.165, 1.54) is 0 Å². The number of alkyl carbamates (subject to hydrolysis) is 1. The quantitative estimate of drug-likeness (QED) is 0.809. The van der Waals surface area contributed by atoms with E-state index >= 15 is 0 Å². The van der Waals surface area contributed by atoms with Crippen LogP contribution in [0, 0.1) is 0 Å². The van der Waals surface area contributed by atoms with Gasteiger partial charge in [-0.1, -0.05) is 0 Å². The summed E-state index contributed by atoms with van der Waals surface area (Å²) in [5, 5.41) is 2.78. The Morgan fingerprint density at radius 1 is 1.19 bits per heavy atom. The number of rotatable bonds is 4. The Kier molecular flexibility index (Phi) is 5.26. The summed E-state index contributed by atoms with van der Waals surface area (Å²) in [6.45, 7) is 13.7. The maximum atomic E-state index is 11.5. The fraction of sp³-hybridized carbons (Fsp3) is 0.917. The van der Waals surface area contributed by atoms with Gasteiger partial charge in [0.2, 0.25) is 0 Å². The molecule has 96 valence electrons. The third-order valence-electron chi connectivity index (χ3n) is 1.62. The molecule has 1 amide bonds. The molecule has 0 radical (unpaired) electrons. The number of carbonyl (C=O) groups excluding carboxylic acids is 1. The highest BCUT2D eigenvalue weighted by Gasteiger charge is 2.24. The molecule has 0 aliphatic rings. The maximum Gasteiger partial charge on any atom is 0.408 e. The summed E-state index contributed by atoms with van der Waals surface area (Å²) >= 11 is 0. The van der Waals surface area contributed by atoms with Crippen molar-refractivity contribution >= 4 is 6.09 Å². The molecule has 0 atom stereocenters. The highest BCUT2D eigenvalue weighted by Crippen LogP contribution is 2.10. The molecule has 0 spiro atoms. The van der Waals surface area contributed by atoms with Crippen molar-refractivity contribution in [3.63, 3.8) is 0 Å². The fourth-order valence-electron chi connectivity index (χ4n) is 0.991. The van der Waals surface area contributed by atoms with Gasteiger partial charge < -0.3 is 14.8 Å². The molecule has 0 fully saturated rings. The van der Waals surface area contributed by atoms with Gasteiger partial charge in [-0.2, -0.15) is 0 Å². The smallest absolute Gasteiger partial charge is 0.408 e. The van der Waals surface area contributed by atoms with Crippen molar-refractivity contribution < 1.29 is 14.3 Å². The van der Waals surface area contributed by atoms with Gasteiger partial charge in [-0.15, -0.1) is 0 Å². The van der Waals surface area contributed by atoms with Crippen LogP contribution in [0.1, 0.15) is 48.5 Å². The third-order valence-corrected chi connectivity index (χ3v) is 1.62. The largest absolute Gasteiger partial charge is 0.444 e. The van der Waals surface area contributed by atoms with E-state index in [1.807, 2.05) is 48.5 Å². The summed E-state index contributed by atoms with van der Waals surface area (Å²) in [7, 11) is 0. The van der Waals surface area contributed by atoms with Crippen LogP contribution in [-0.4, -0.2) is 29.9 Å².